The molecule has 1 N–H and O–H groups in total. The summed E-state index contributed by atoms with van der Waals surface area (Å²) in [5, 5.41) is 2.75. The van der Waals surface area contributed by atoms with Crippen LogP contribution in [0.25, 0.3) is 0 Å². The Morgan fingerprint density at radius 2 is 1.60 bits per heavy atom. The van der Waals surface area contributed by atoms with Gasteiger partial charge in [0.05, 0.1) is 11.9 Å². The number of nitrogens with zero attached hydrogens (tertiary/aromatic N) is 2. The molecular weight excluding hydrogens is 483 g/mol. The summed E-state index contributed by atoms with van der Waals surface area (Å²) in [5.41, 5.74) is 0.551. The number of anilines is 1. The van der Waals surface area contributed by atoms with Crippen LogP contribution in [-0.4, -0.2) is 50.0 Å². The Morgan fingerprint density at radius 1 is 0.971 bits per heavy atom. The van der Waals surface area contributed by atoms with Gasteiger partial charge in [-0.3, -0.25) is 13.9 Å². The third-order valence-electron chi connectivity index (χ3n) is 5.21. The van der Waals surface area contributed by atoms with Crippen LogP contribution in [-0.2, 0) is 26.2 Å². The fraction of sp³-hybridized carbons (Fsp3) is 0.417. The summed E-state index contributed by atoms with van der Waals surface area (Å²) in [7, 11) is -3.84. The predicted octanol–water partition coefficient (Wildman–Crippen LogP) is 3.59. The maximum atomic E-state index is 13.7. The number of hydrogen-bond acceptors (Lipinski definition) is 4. The molecule has 2 aromatic carbocycles. The van der Waals surface area contributed by atoms with Crippen LogP contribution < -0.4 is 9.62 Å². The lowest BCUT2D eigenvalue weighted by Gasteiger charge is -2.30. The number of carbonyl (C=O) groups excluding carboxylic acids is 2. The minimum Gasteiger partial charge on any atom is -0.352 e. The van der Waals surface area contributed by atoms with Gasteiger partial charge in [0, 0.05) is 31.6 Å². The second-order valence-corrected chi connectivity index (χ2v) is 10.4. The highest BCUT2D eigenvalue weighted by Gasteiger charge is 2.27. The maximum Gasteiger partial charge on any atom is 0.242 e. The molecule has 1 atom stereocenters. The van der Waals surface area contributed by atoms with E-state index in [9.17, 15) is 31.2 Å². The average molecular weight is 514 g/mol. The molecule has 0 saturated heterocycles. The first kappa shape index (κ1) is 28.2. The highest BCUT2D eigenvalue weighted by Crippen LogP contribution is 2.21. The van der Waals surface area contributed by atoms with Crippen LogP contribution in [0.1, 0.15) is 39.2 Å². The number of amides is 2. The molecule has 192 valence electrons. The van der Waals surface area contributed by atoms with Gasteiger partial charge < -0.3 is 10.2 Å². The fourth-order valence-corrected chi connectivity index (χ4v) is 4.38. The Morgan fingerprint density at radius 3 is 2.14 bits per heavy atom. The van der Waals surface area contributed by atoms with E-state index in [-0.39, 0.29) is 43.6 Å². The molecular formula is C24H30F3N3O4S. The van der Waals surface area contributed by atoms with Gasteiger partial charge in [0.15, 0.2) is 11.6 Å². The summed E-state index contributed by atoms with van der Waals surface area (Å²) in [6, 6.07) is 7.28. The topological polar surface area (TPSA) is 86.8 Å². The molecule has 0 spiro atoms. The number of sulfonamides is 1. The Labute approximate surface area is 204 Å². The molecule has 0 saturated carbocycles. The molecule has 0 bridgehead atoms. The number of halogens is 3. The molecule has 0 radical (unpaired) electrons. The van der Waals surface area contributed by atoms with Gasteiger partial charge in [0.1, 0.15) is 11.9 Å². The second kappa shape index (κ2) is 12.1. The number of benzene rings is 2. The van der Waals surface area contributed by atoms with Crippen LogP contribution in [0.2, 0.25) is 0 Å². The van der Waals surface area contributed by atoms with Crippen molar-refractivity contribution in [3.8, 4) is 0 Å². The van der Waals surface area contributed by atoms with E-state index in [0.717, 1.165) is 28.8 Å². The summed E-state index contributed by atoms with van der Waals surface area (Å²) in [5.74, 6) is -3.52. The van der Waals surface area contributed by atoms with Crippen LogP contribution in [0.5, 0.6) is 0 Å². The van der Waals surface area contributed by atoms with Crippen LogP contribution >= 0.6 is 0 Å². The van der Waals surface area contributed by atoms with E-state index in [4.69, 9.17) is 0 Å². The number of rotatable bonds is 11. The van der Waals surface area contributed by atoms with Crippen molar-refractivity contribution in [2.24, 2.45) is 0 Å². The molecule has 7 nitrogen and oxygen atoms in total. The fourth-order valence-electron chi connectivity index (χ4n) is 3.42. The third kappa shape index (κ3) is 8.27. The minimum absolute atomic E-state index is 0.0464. The monoisotopic (exact) mass is 513 g/mol. The molecule has 0 heterocycles. The smallest absolute Gasteiger partial charge is 0.242 e. The van der Waals surface area contributed by atoms with E-state index < -0.39 is 39.4 Å². The van der Waals surface area contributed by atoms with Crippen molar-refractivity contribution >= 4 is 27.5 Å². The van der Waals surface area contributed by atoms with E-state index in [1.165, 1.54) is 29.2 Å². The van der Waals surface area contributed by atoms with Crippen molar-refractivity contribution < 1.29 is 31.2 Å². The summed E-state index contributed by atoms with van der Waals surface area (Å²) in [6.07, 6.45) is 0.870. The van der Waals surface area contributed by atoms with Crippen molar-refractivity contribution in [2.45, 2.75) is 52.2 Å². The zero-order chi connectivity index (χ0) is 26.3. The van der Waals surface area contributed by atoms with E-state index in [1.54, 1.807) is 20.8 Å². The molecule has 0 aromatic heterocycles. The first-order valence-corrected chi connectivity index (χ1v) is 12.9. The molecule has 35 heavy (non-hydrogen) atoms. The van der Waals surface area contributed by atoms with Gasteiger partial charge in [-0.05, 0) is 57.0 Å². The Hall–Kier alpha value is -3.08. The standard InChI is InChI=1S/C24H30F3N3O4S/c1-16(2)28-24(32)17(3)29(15-18-7-9-19(25)10-8-18)23(31)6-5-13-30(35(4,33)34)20-11-12-21(26)22(27)14-20/h7-12,14,16-17H,5-6,13,15H2,1-4H3,(H,28,32)/t17-/m1/s1. The molecule has 0 aliphatic carbocycles. The molecule has 2 aromatic rings. The zero-order valence-electron chi connectivity index (χ0n) is 20.1. The highest BCUT2D eigenvalue weighted by molar-refractivity contribution is 7.92. The molecule has 0 fully saturated rings. The van der Waals surface area contributed by atoms with Gasteiger partial charge >= 0.3 is 0 Å². The number of carbonyl (C=O) groups is 2. The van der Waals surface area contributed by atoms with Crippen molar-refractivity contribution in [2.75, 3.05) is 17.1 Å². The lowest BCUT2D eigenvalue weighted by atomic mass is 10.1. The summed E-state index contributed by atoms with van der Waals surface area (Å²) in [6.45, 7) is 5.03. The van der Waals surface area contributed by atoms with Gasteiger partial charge in [-0.2, -0.15) is 0 Å². The Kier molecular flexibility index (Phi) is 9.70. The summed E-state index contributed by atoms with van der Waals surface area (Å²) in [4.78, 5) is 27.0. The van der Waals surface area contributed by atoms with Crippen LogP contribution in [0.15, 0.2) is 42.5 Å². The molecule has 2 amide bonds. The molecule has 0 aliphatic heterocycles. The minimum atomic E-state index is -3.84. The average Bonchev–Trinajstić information content (AvgIpc) is 2.76. The SMILES string of the molecule is CC(C)NC(=O)[C@@H](C)N(Cc1ccc(F)cc1)C(=O)CCCN(c1ccc(F)c(F)c1)S(C)(=O)=O. The molecule has 11 heteroatoms. The Balaban J connectivity index is 2.18. The second-order valence-electron chi connectivity index (χ2n) is 8.52. The van der Waals surface area contributed by atoms with Crippen LogP contribution in [0.3, 0.4) is 0 Å². The lowest BCUT2D eigenvalue weighted by Crippen LogP contribution is -2.49. The largest absolute Gasteiger partial charge is 0.352 e. The summed E-state index contributed by atoms with van der Waals surface area (Å²) < 4.78 is 65.6. The van der Waals surface area contributed by atoms with Crippen molar-refractivity contribution in [3.05, 3.63) is 65.5 Å². The van der Waals surface area contributed by atoms with E-state index in [0.29, 0.717) is 5.56 Å². The zero-order valence-corrected chi connectivity index (χ0v) is 20.9. The van der Waals surface area contributed by atoms with Crippen molar-refractivity contribution in [1.29, 1.82) is 0 Å². The van der Waals surface area contributed by atoms with Gasteiger partial charge in [-0.25, -0.2) is 21.6 Å². The van der Waals surface area contributed by atoms with E-state index in [1.807, 2.05) is 0 Å². The van der Waals surface area contributed by atoms with Crippen LogP contribution in [0.4, 0.5) is 18.9 Å². The van der Waals surface area contributed by atoms with Gasteiger partial charge in [-0.1, -0.05) is 12.1 Å². The molecule has 0 unspecified atom stereocenters. The molecule has 2 rings (SSSR count). The van der Waals surface area contributed by atoms with Crippen molar-refractivity contribution in [3.63, 3.8) is 0 Å². The first-order valence-electron chi connectivity index (χ1n) is 11.1. The summed E-state index contributed by atoms with van der Waals surface area (Å²) >= 11 is 0. The van der Waals surface area contributed by atoms with E-state index in [2.05, 4.69) is 5.32 Å². The van der Waals surface area contributed by atoms with Gasteiger partial charge in [-0.15, -0.1) is 0 Å². The molecule has 0 aliphatic rings. The highest BCUT2D eigenvalue weighted by atomic mass is 32.2. The van der Waals surface area contributed by atoms with Gasteiger partial charge in [0.25, 0.3) is 0 Å². The normalized spacial score (nSPS) is 12.3. The van der Waals surface area contributed by atoms with Gasteiger partial charge in [0.2, 0.25) is 21.8 Å². The maximum absolute atomic E-state index is 13.7. The number of nitrogens with one attached hydrogen (secondary N) is 1. The third-order valence-corrected chi connectivity index (χ3v) is 6.40. The number of hydrogen-bond donors (Lipinski definition) is 1. The predicted molar refractivity (Wildman–Crippen MR) is 127 cm³/mol. The van der Waals surface area contributed by atoms with Crippen molar-refractivity contribution in [1.82, 2.24) is 10.2 Å². The van der Waals surface area contributed by atoms with Crippen LogP contribution in [0, 0.1) is 17.5 Å². The van der Waals surface area contributed by atoms with E-state index >= 15 is 0 Å². The quantitative estimate of drug-likeness (QED) is 0.498. The Bertz CT molecular complexity index is 1140. The first-order chi connectivity index (χ1) is 16.3. The lowest BCUT2D eigenvalue weighted by molar-refractivity contribution is -0.140.